The third kappa shape index (κ3) is 2.17. The van der Waals surface area contributed by atoms with E-state index in [1.807, 2.05) is 49.4 Å². The smallest absolute Gasteiger partial charge is 0.167 e. The molecule has 25 heavy (non-hydrogen) atoms. The summed E-state index contributed by atoms with van der Waals surface area (Å²) in [6.45, 7) is 1.97. The van der Waals surface area contributed by atoms with Gasteiger partial charge in [0.25, 0.3) is 0 Å². The van der Waals surface area contributed by atoms with Crippen molar-refractivity contribution < 1.29 is 4.74 Å². The van der Waals surface area contributed by atoms with Gasteiger partial charge in [0.15, 0.2) is 5.65 Å². The van der Waals surface area contributed by atoms with Gasteiger partial charge in [0.1, 0.15) is 28.7 Å². The highest BCUT2D eigenvalue weighted by Gasteiger charge is 2.20. The maximum Gasteiger partial charge on any atom is 0.167 e. The van der Waals surface area contributed by atoms with Gasteiger partial charge in [-0.2, -0.15) is 5.26 Å². The van der Waals surface area contributed by atoms with E-state index in [4.69, 9.17) is 15.5 Å². The topological polar surface area (TPSA) is 89.8 Å². The second-order valence-corrected chi connectivity index (χ2v) is 5.74. The zero-order chi connectivity index (χ0) is 17.6. The average Bonchev–Trinajstić information content (AvgIpc) is 2.90. The molecule has 0 aliphatic carbocycles. The van der Waals surface area contributed by atoms with Crippen LogP contribution in [0.15, 0.2) is 42.5 Å². The minimum atomic E-state index is 0.323. The van der Waals surface area contributed by atoms with Crippen LogP contribution in [0.3, 0.4) is 0 Å². The lowest BCUT2D eigenvalue weighted by Gasteiger charge is -2.12. The normalized spacial score (nSPS) is 10.9. The summed E-state index contributed by atoms with van der Waals surface area (Å²) in [6.07, 6.45) is 0. The van der Waals surface area contributed by atoms with E-state index < -0.39 is 0 Å². The maximum absolute atomic E-state index is 9.58. The summed E-state index contributed by atoms with van der Waals surface area (Å²) in [4.78, 5) is 9.32. The van der Waals surface area contributed by atoms with Crippen molar-refractivity contribution in [2.75, 3.05) is 12.8 Å². The molecule has 0 spiro atoms. The van der Waals surface area contributed by atoms with Crippen LogP contribution in [-0.2, 0) is 0 Å². The molecule has 4 aromatic rings. The standard InChI is InChI=1S/C19H15N5O/c1-11-7-8-12(25-2)9-16(11)24-18(21)13(10-20)17-19(24)23-15-6-4-3-5-14(15)22-17/h3-9H,21H2,1-2H3. The van der Waals surface area contributed by atoms with Crippen LogP contribution >= 0.6 is 0 Å². The fourth-order valence-electron chi connectivity index (χ4n) is 2.97. The molecule has 2 N–H and O–H groups in total. The number of methoxy groups -OCH3 is 1. The Morgan fingerprint density at radius 1 is 1.12 bits per heavy atom. The Hall–Kier alpha value is -3.59. The zero-order valence-electron chi connectivity index (χ0n) is 13.8. The van der Waals surface area contributed by atoms with Crippen LogP contribution in [0.5, 0.6) is 5.75 Å². The highest BCUT2D eigenvalue weighted by atomic mass is 16.5. The van der Waals surface area contributed by atoms with Crippen LogP contribution in [0.2, 0.25) is 0 Å². The molecule has 6 nitrogen and oxygen atoms in total. The van der Waals surface area contributed by atoms with E-state index in [1.54, 1.807) is 11.7 Å². The molecular weight excluding hydrogens is 314 g/mol. The van der Waals surface area contributed by atoms with Gasteiger partial charge in [0, 0.05) is 6.07 Å². The molecular formula is C19H15N5O. The van der Waals surface area contributed by atoms with Crippen LogP contribution in [0, 0.1) is 18.3 Å². The fraction of sp³-hybridized carbons (Fsp3) is 0.105. The lowest BCUT2D eigenvalue weighted by Crippen LogP contribution is -2.04. The quantitative estimate of drug-likeness (QED) is 0.609. The predicted molar refractivity (Wildman–Crippen MR) is 96.8 cm³/mol. The van der Waals surface area contributed by atoms with Crippen LogP contribution in [0.4, 0.5) is 5.82 Å². The number of aromatic nitrogens is 3. The van der Waals surface area contributed by atoms with Crippen LogP contribution in [0.1, 0.15) is 11.1 Å². The van der Waals surface area contributed by atoms with Gasteiger partial charge in [-0.1, -0.05) is 18.2 Å². The third-order valence-corrected chi connectivity index (χ3v) is 4.27. The number of hydrogen-bond donors (Lipinski definition) is 1. The number of nitrogens with two attached hydrogens (primary N) is 1. The van der Waals surface area contributed by atoms with E-state index in [-0.39, 0.29) is 0 Å². The molecule has 0 aliphatic heterocycles. The van der Waals surface area contributed by atoms with Crippen molar-refractivity contribution in [1.82, 2.24) is 14.5 Å². The summed E-state index contributed by atoms with van der Waals surface area (Å²) in [7, 11) is 1.61. The molecule has 0 atom stereocenters. The highest BCUT2D eigenvalue weighted by Crippen LogP contribution is 2.32. The first-order valence-electron chi connectivity index (χ1n) is 7.76. The molecule has 0 aliphatic rings. The van der Waals surface area contributed by atoms with Gasteiger partial charge in [0.2, 0.25) is 0 Å². The van der Waals surface area contributed by atoms with Gasteiger partial charge in [-0.3, -0.25) is 4.57 Å². The summed E-state index contributed by atoms with van der Waals surface area (Å²) in [6, 6.07) is 15.4. The number of benzene rings is 2. The molecule has 0 radical (unpaired) electrons. The SMILES string of the molecule is COc1ccc(C)c(-n2c(N)c(C#N)c3nc4ccccc4nc32)c1. The molecule has 0 unspecified atom stereocenters. The van der Waals surface area contributed by atoms with Gasteiger partial charge in [0.05, 0.1) is 23.8 Å². The minimum absolute atomic E-state index is 0.323. The molecule has 0 saturated carbocycles. The average molecular weight is 329 g/mol. The second-order valence-electron chi connectivity index (χ2n) is 5.74. The Bertz CT molecular complexity index is 1170. The summed E-state index contributed by atoms with van der Waals surface area (Å²) < 4.78 is 7.10. The maximum atomic E-state index is 9.58. The predicted octanol–water partition coefficient (Wildman–Crippen LogP) is 3.34. The molecule has 0 saturated heterocycles. The lowest BCUT2D eigenvalue weighted by molar-refractivity contribution is 0.414. The zero-order valence-corrected chi connectivity index (χ0v) is 13.8. The molecule has 0 bridgehead atoms. The largest absolute Gasteiger partial charge is 0.497 e. The van der Waals surface area contributed by atoms with Crippen molar-refractivity contribution in [2.45, 2.75) is 6.92 Å². The number of nitriles is 1. The number of fused-ring (bicyclic) bond motifs is 2. The van der Waals surface area contributed by atoms with E-state index in [1.165, 1.54) is 0 Å². The third-order valence-electron chi connectivity index (χ3n) is 4.27. The molecule has 2 aromatic heterocycles. The Labute approximate surface area is 144 Å². The van der Waals surface area contributed by atoms with Gasteiger partial charge < -0.3 is 10.5 Å². The number of para-hydroxylation sites is 2. The van der Waals surface area contributed by atoms with Crippen molar-refractivity contribution >= 4 is 28.0 Å². The van der Waals surface area contributed by atoms with E-state index in [9.17, 15) is 5.26 Å². The van der Waals surface area contributed by atoms with Crippen molar-refractivity contribution in [3.8, 4) is 17.5 Å². The Morgan fingerprint density at radius 3 is 2.52 bits per heavy atom. The van der Waals surface area contributed by atoms with Gasteiger partial charge in [-0.05, 0) is 30.7 Å². The molecule has 4 rings (SSSR count). The number of hydrogen-bond acceptors (Lipinski definition) is 5. The van der Waals surface area contributed by atoms with Gasteiger partial charge in [-0.15, -0.1) is 0 Å². The number of aryl methyl sites for hydroxylation is 1. The fourth-order valence-corrected chi connectivity index (χ4v) is 2.97. The summed E-state index contributed by atoms with van der Waals surface area (Å²) >= 11 is 0. The van der Waals surface area contributed by atoms with Crippen LogP contribution in [-0.4, -0.2) is 21.6 Å². The first kappa shape index (κ1) is 15.0. The Kier molecular flexibility index (Phi) is 3.29. The van der Waals surface area contributed by atoms with Crippen molar-refractivity contribution in [1.29, 1.82) is 5.26 Å². The van der Waals surface area contributed by atoms with Crippen molar-refractivity contribution in [3.63, 3.8) is 0 Å². The second kappa shape index (κ2) is 5.49. The molecule has 6 heteroatoms. The van der Waals surface area contributed by atoms with E-state index in [0.29, 0.717) is 28.3 Å². The molecule has 122 valence electrons. The number of ether oxygens (including phenoxy) is 1. The van der Waals surface area contributed by atoms with Gasteiger partial charge >= 0.3 is 0 Å². The Morgan fingerprint density at radius 2 is 1.84 bits per heavy atom. The highest BCUT2D eigenvalue weighted by molar-refractivity contribution is 5.93. The molecule has 2 heterocycles. The van der Waals surface area contributed by atoms with E-state index >= 15 is 0 Å². The molecule has 0 fully saturated rings. The lowest BCUT2D eigenvalue weighted by atomic mass is 10.2. The first-order valence-corrected chi connectivity index (χ1v) is 7.76. The summed E-state index contributed by atoms with van der Waals surface area (Å²) in [5.41, 5.74) is 11.0. The minimum Gasteiger partial charge on any atom is -0.497 e. The summed E-state index contributed by atoms with van der Waals surface area (Å²) in [5, 5.41) is 9.58. The monoisotopic (exact) mass is 329 g/mol. The number of nitrogen functional groups attached to an aromatic ring is 1. The first-order chi connectivity index (χ1) is 12.1. The number of nitrogens with zero attached hydrogens (tertiary/aromatic N) is 4. The molecule has 0 amide bonds. The van der Waals surface area contributed by atoms with Crippen LogP contribution in [0.25, 0.3) is 27.9 Å². The van der Waals surface area contributed by atoms with Crippen molar-refractivity contribution in [2.24, 2.45) is 0 Å². The van der Waals surface area contributed by atoms with Gasteiger partial charge in [-0.25, -0.2) is 9.97 Å². The number of anilines is 1. The Balaban J connectivity index is 2.16. The molecule has 2 aromatic carbocycles. The van der Waals surface area contributed by atoms with Crippen molar-refractivity contribution in [3.05, 3.63) is 53.6 Å². The van der Waals surface area contributed by atoms with Crippen LogP contribution < -0.4 is 10.5 Å². The van der Waals surface area contributed by atoms with E-state index in [0.717, 1.165) is 22.3 Å². The summed E-state index contributed by atoms with van der Waals surface area (Å²) in [5.74, 6) is 1.03. The number of rotatable bonds is 2. The van der Waals surface area contributed by atoms with E-state index in [2.05, 4.69) is 11.1 Å².